The van der Waals surface area contributed by atoms with E-state index in [-0.39, 0.29) is 23.4 Å². The average molecular weight is 544 g/mol. The van der Waals surface area contributed by atoms with Gasteiger partial charge in [-0.15, -0.1) is 0 Å². The largest absolute Gasteiger partial charge is 0.459 e. The van der Waals surface area contributed by atoms with Crippen molar-refractivity contribution in [3.8, 4) is 0 Å². The molecule has 10 nitrogen and oxygen atoms in total. The van der Waals surface area contributed by atoms with Crippen LogP contribution in [0.3, 0.4) is 0 Å². The molecule has 1 aromatic heterocycles. The van der Waals surface area contributed by atoms with Gasteiger partial charge >= 0.3 is 12.0 Å². The second-order valence-corrected chi connectivity index (χ2v) is 12.5. The topological polar surface area (TPSA) is 130 Å². The number of ether oxygens (including phenoxy) is 1. The molecule has 0 radical (unpaired) electrons. The molecule has 0 aliphatic carbocycles. The van der Waals surface area contributed by atoms with Gasteiger partial charge in [-0.3, -0.25) is 4.79 Å². The molecule has 2 aromatic rings. The van der Waals surface area contributed by atoms with E-state index in [1.54, 1.807) is 43.9 Å². The lowest BCUT2D eigenvalue weighted by molar-refractivity contribution is -0.156. The number of anilines is 1. The first kappa shape index (κ1) is 27.8. The van der Waals surface area contributed by atoms with E-state index < -0.39 is 27.6 Å². The van der Waals surface area contributed by atoms with Crippen LogP contribution in [0.1, 0.15) is 57.2 Å². The van der Waals surface area contributed by atoms with E-state index in [0.717, 1.165) is 43.7 Å². The molecule has 0 bridgehead atoms. The van der Waals surface area contributed by atoms with Gasteiger partial charge in [0.15, 0.2) is 0 Å². The predicted octanol–water partition coefficient (Wildman–Crippen LogP) is 3.02. The minimum absolute atomic E-state index is 0.0212. The molecule has 4 rings (SSSR count). The van der Waals surface area contributed by atoms with Crippen molar-refractivity contribution >= 4 is 27.8 Å². The van der Waals surface area contributed by atoms with Gasteiger partial charge in [-0.1, -0.05) is 24.3 Å². The van der Waals surface area contributed by atoms with Gasteiger partial charge in [-0.25, -0.2) is 18.2 Å². The molecule has 0 saturated carbocycles. The summed E-state index contributed by atoms with van der Waals surface area (Å²) in [5, 5.41) is 6.10. The summed E-state index contributed by atoms with van der Waals surface area (Å²) < 4.78 is 33.5. The van der Waals surface area contributed by atoms with Gasteiger partial charge in [0.05, 0.1) is 4.90 Å². The highest BCUT2D eigenvalue weighted by atomic mass is 32.2. The molecule has 3 heterocycles. The van der Waals surface area contributed by atoms with Gasteiger partial charge < -0.3 is 20.3 Å². The predicted molar refractivity (Wildman–Crippen MR) is 144 cm³/mol. The summed E-state index contributed by atoms with van der Waals surface area (Å²) in [6.07, 6.45) is 3.70. The Labute approximate surface area is 224 Å². The van der Waals surface area contributed by atoms with Crippen molar-refractivity contribution < 1.29 is 22.7 Å². The maximum atomic E-state index is 12.9. The molecule has 2 aliphatic rings. The van der Waals surface area contributed by atoms with Gasteiger partial charge in [0.2, 0.25) is 10.0 Å². The number of fused-ring (bicyclic) bond motifs is 1. The van der Waals surface area contributed by atoms with Gasteiger partial charge in [0.1, 0.15) is 17.5 Å². The van der Waals surface area contributed by atoms with E-state index in [2.05, 4.69) is 27.5 Å². The number of carbonyl (C=O) groups is 2. The van der Waals surface area contributed by atoms with Gasteiger partial charge in [-0.2, -0.15) is 4.72 Å². The van der Waals surface area contributed by atoms with Crippen LogP contribution in [0.15, 0.2) is 47.4 Å². The Balaban J connectivity index is 1.35. The number of sulfonamides is 1. The van der Waals surface area contributed by atoms with Gasteiger partial charge in [0.25, 0.3) is 0 Å². The lowest BCUT2D eigenvalue weighted by atomic mass is 9.92. The number of amides is 2. The van der Waals surface area contributed by atoms with Crippen molar-refractivity contribution in [2.75, 3.05) is 31.5 Å². The Morgan fingerprint density at radius 1 is 1.13 bits per heavy atom. The lowest BCUT2D eigenvalue weighted by Crippen LogP contribution is -2.53. The molecule has 3 N–H and O–H groups in total. The highest BCUT2D eigenvalue weighted by Crippen LogP contribution is 2.30. The Morgan fingerprint density at radius 2 is 1.84 bits per heavy atom. The number of nitrogens with one attached hydrogen (secondary N) is 3. The van der Waals surface area contributed by atoms with Crippen molar-refractivity contribution in [3.63, 3.8) is 0 Å². The van der Waals surface area contributed by atoms with Crippen LogP contribution in [0, 0.1) is 0 Å². The van der Waals surface area contributed by atoms with Crippen LogP contribution in [0.5, 0.6) is 0 Å². The molecule has 1 atom stereocenters. The number of piperidine rings is 1. The zero-order valence-corrected chi connectivity index (χ0v) is 23.0. The Morgan fingerprint density at radius 3 is 2.53 bits per heavy atom. The summed E-state index contributed by atoms with van der Waals surface area (Å²) in [5.41, 5.74) is 1.47. The highest BCUT2D eigenvalue weighted by Gasteiger charge is 2.32. The monoisotopic (exact) mass is 543 g/mol. The van der Waals surface area contributed by atoms with E-state index in [0.29, 0.717) is 13.1 Å². The van der Waals surface area contributed by atoms with E-state index >= 15 is 0 Å². The SMILES string of the molecule is CC(C)(C)OC(=O)C(CNC(=O)N1CCC(c2ccc3c(n2)NCCC3)CC1)NS(=O)(=O)c1ccccc1. The fourth-order valence-corrected chi connectivity index (χ4v) is 5.86. The number of aromatic nitrogens is 1. The third-order valence-electron chi connectivity index (χ3n) is 6.62. The first-order valence-electron chi connectivity index (χ1n) is 13.1. The third kappa shape index (κ3) is 7.22. The minimum Gasteiger partial charge on any atom is -0.459 e. The van der Waals surface area contributed by atoms with Crippen molar-refractivity contribution in [1.82, 2.24) is 19.9 Å². The summed E-state index contributed by atoms with van der Waals surface area (Å²) >= 11 is 0. The molecule has 2 aliphatic heterocycles. The summed E-state index contributed by atoms with van der Waals surface area (Å²) in [5.74, 6) is 0.475. The number of pyridine rings is 1. The Kier molecular flexibility index (Phi) is 8.57. The molecule has 1 aromatic carbocycles. The third-order valence-corrected chi connectivity index (χ3v) is 8.10. The summed E-state index contributed by atoms with van der Waals surface area (Å²) in [4.78, 5) is 32.3. The fourth-order valence-electron chi connectivity index (χ4n) is 4.65. The summed E-state index contributed by atoms with van der Waals surface area (Å²) in [6.45, 7) is 6.87. The summed E-state index contributed by atoms with van der Waals surface area (Å²) in [7, 11) is -4.01. The number of urea groups is 1. The van der Waals surface area contributed by atoms with Crippen LogP contribution in [0.25, 0.3) is 0 Å². The van der Waals surface area contributed by atoms with Crippen LogP contribution >= 0.6 is 0 Å². The molecular formula is C27H37N5O5S. The van der Waals surface area contributed by atoms with Crippen LogP contribution in [0.4, 0.5) is 10.6 Å². The zero-order valence-electron chi connectivity index (χ0n) is 22.2. The molecule has 1 unspecified atom stereocenters. The first-order chi connectivity index (χ1) is 18.0. The standard InChI is InChI=1S/C27H37N5O5S/c1-27(2,3)37-25(33)23(31-38(35,36)21-9-5-4-6-10-21)18-29-26(34)32-16-13-19(14-17-32)22-12-11-20-8-7-15-28-24(20)30-22/h4-6,9-12,19,23,31H,7-8,13-18H2,1-3H3,(H,28,30)(H,29,34). The number of carbonyl (C=O) groups excluding carboxylic acids is 2. The Hall–Kier alpha value is -3.18. The molecule has 1 saturated heterocycles. The van der Waals surface area contributed by atoms with Crippen LogP contribution in [-0.4, -0.2) is 68.1 Å². The second kappa shape index (κ2) is 11.7. The van der Waals surface area contributed by atoms with E-state index in [9.17, 15) is 18.0 Å². The molecule has 11 heteroatoms. The lowest BCUT2D eigenvalue weighted by Gasteiger charge is -2.32. The van der Waals surface area contributed by atoms with Crippen LogP contribution < -0.4 is 15.4 Å². The molecular weight excluding hydrogens is 506 g/mol. The van der Waals surface area contributed by atoms with Crippen molar-refractivity contribution in [2.24, 2.45) is 0 Å². The fraction of sp³-hybridized carbons (Fsp3) is 0.519. The number of rotatable bonds is 7. The van der Waals surface area contributed by atoms with E-state index in [4.69, 9.17) is 9.72 Å². The zero-order chi connectivity index (χ0) is 27.3. The molecule has 38 heavy (non-hydrogen) atoms. The number of aryl methyl sites for hydroxylation is 1. The Bertz CT molecular complexity index is 1240. The van der Waals surface area contributed by atoms with Crippen LogP contribution in [0.2, 0.25) is 0 Å². The summed E-state index contributed by atoms with van der Waals surface area (Å²) in [6, 6.07) is 10.4. The quantitative estimate of drug-likeness (QED) is 0.458. The number of hydrogen-bond donors (Lipinski definition) is 3. The van der Waals surface area contributed by atoms with Crippen LogP contribution in [-0.2, 0) is 26.0 Å². The molecule has 2 amide bonds. The highest BCUT2D eigenvalue weighted by molar-refractivity contribution is 7.89. The minimum atomic E-state index is -4.01. The second-order valence-electron chi connectivity index (χ2n) is 10.7. The van der Waals surface area contributed by atoms with Crippen molar-refractivity contribution in [1.29, 1.82) is 0 Å². The number of benzene rings is 1. The number of likely N-dealkylation sites (tertiary alicyclic amines) is 1. The first-order valence-corrected chi connectivity index (χ1v) is 14.6. The molecule has 0 spiro atoms. The maximum absolute atomic E-state index is 12.9. The number of esters is 1. The van der Waals surface area contributed by atoms with Crippen molar-refractivity contribution in [3.05, 3.63) is 53.7 Å². The van der Waals surface area contributed by atoms with Crippen molar-refractivity contribution in [2.45, 2.75) is 68.9 Å². The van der Waals surface area contributed by atoms with E-state index in [1.165, 1.54) is 17.7 Å². The smallest absolute Gasteiger partial charge is 0.326 e. The normalized spacial score (nSPS) is 17.2. The molecule has 1 fully saturated rings. The van der Waals surface area contributed by atoms with Gasteiger partial charge in [-0.05, 0) is 70.2 Å². The van der Waals surface area contributed by atoms with E-state index in [1.807, 2.05) is 0 Å². The van der Waals surface area contributed by atoms with Gasteiger partial charge in [0, 0.05) is 37.8 Å². The number of hydrogen-bond acceptors (Lipinski definition) is 7. The average Bonchev–Trinajstić information content (AvgIpc) is 2.90. The maximum Gasteiger partial charge on any atom is 0.326 e. The number of nitrogens with zero attached hydrogens (tertiary/aromatic N) is 2. The molecule has 206 valence electrons.